The van der Waals surface area contributed by atoms with Crippen molar-refractivity contribution in [1.29, 1.82) is 5.26 Å². The molecule has 0 amide bonds. The molecule has 2 N–H and O–H groups in total. The molecule has 2 rings (SSSR count). The van der Waals surface area contributed by atoms with E-state index in [2.05, 4.69) is 23.8 Å². The van der Waals surface area contributed by atoms with Crippen LogP contribution in [-0.4, -0.2) is 10.6 Å². The standard InChI is InChI=1S/C15H19N3/c1-3-18-10-13(6-4-11(2)17)14-8-12(9-16)5-7-15(14)18/h5,7-8,10-11H,3-4,6,17H2,1-2H3/t11-/m0/s1. The Kier molecular flexibility index (Phi) is 3.69. The number of hydrogen-bond donors (Lipinski definition) is 1. The monoisotopic (exact) mass is 241 g/mol. The maximum Gasteiger partial charge on any atom is 0.0991 e. The van der Waals surface area contributed by atoms with Crippen molar-refractivity contribution in [3.8, 4) is 6.07 Å². The molecule has 0 fully saturated rings. The van der Waals surface area contributed by atoms with E-state index in [1.54, 1.807) is 0 Å². The Bertz CT molecular complexity index is 588. The molecule has 0 spiro atoms. The van der Waals surface area contributed by atoms with E-state index in [1.165, 1.54) is 16.5 Å². The minimum Gasteiger partial charge on any atom is -0.347 e. The number of nitrogens with zero attached hydrogens (tertiary/aromatic N) is 2. The quantitative estimate of drug-likeness (QED) is 0.894. The predicted octanol–water partition coefficient (Wildman–Crippen LogP) is 2.81. The number of nitriles is 1. The maximum absolute atomic E-state index is 8.99. The number of benzene rings is 1. The highest BCUT2D eigenvalue weighted by Crippen LogP contribution is 2.24. The molecule has 0 aliphatic carbocycles. The van der Waals surface area contributed by atoms with E-state index in [9.17, 15) is 0 Å². The summed E-state index contributed by atoms with van der Waals surface area (Å²) in [6.07, 6.45) is 4.13. The molecule has 3 nitrogen and oxygen atoms in total. The van der Waals surface area contributed by atoms with Crippen molar-refractivity contribution in [3.05, 3.63) is 35.5 Å². The Morgan fingerprint density at radius 3 is 2.83 bits per heavy atom. The Labute approximate surface area is 108 Å². The van der Waals surface area contributed by atoms with Crippen LogP contribution in [0, 0.1) is 11.3 Å². The van der Waals surface area contributed by atoms with Gasteiger partial charge in [0.25, 0.3) is 0 Å². The van der Waals surface area contributed by atoms with Crippen LogP contribution in [0.5, 0.6) is 0 Å². The van der Waals surface area contributed by atoms with Gasteiger partial charge in [-0.1, -0.05) is 0 Å². The van der Waals surface area contributed by atoms with Gasteiger partial charge in [0.1, 0.15) is 0 Å². The minimum atomic E-state index is 0.212. The number of fused-ring (bicyclic) bond motifs is 1. The molecule has 0 radical (unpaired) electrons. The van der Waals surface area contributed by atoms with Gasteiger partial charge in [-0.25, -0.2) is 0 Å². The third-order valence-corrected chi connectivity index (χ3v) is 3.30. The van der Waals surface area contributed by atoms with Crippen LogP contribution in [0.25, 0.3) is 10.9 Å². The largest absolute Gasteiger partial charge is 0.347 e. The van der Waals surface area contributed by atoms with E-state index in [4.69, 9.17) is 11.0 Å². The molecular weight excluding hydrogens is 222 g/mol. The van der Waals surface area contributed by atoms with E-state index >= 15 is 0 Å². The molecule has 1 aromatic carbocycles. The normalized spacial score (nSPS) is 12.6. The fourth-order valence-electron chi connectivity index (χ4n) is 2.28. The highest BCUT2D eigenvalue weighted by atomic mass is 14.9. The lowest BCUT2D eigenvalue weighted by molar-refractivity contribution is 0.665. The van der Waals surface area contributed by atoms with E-state index in [0.717, 1.165) is 24.9 Å². The zero-order valence-electron chi connectivity index (χ0n) is 11.0. The van der Waals surface area contributed by atoms with Gasteiger partial charge in [-0.15, -0.1) is 0 Å². The Morgan fingerprint density at radius 2 is 2.22 bits per heavy atom. The van der Waals surface area contributed by atoms with Gasteiger partial charge in [-0.2, -0.15) is 5.26 Å². The molecule has 94 valence electrons. The van der Waals surface area contributed by atoms with Crippen molar-refractivity contribution in [2.24, 2.45) is 5.73 Å². The molecule has 0 saturated heterocycles. The van der Waals surface area contributed by atoms with Gasteiger partial charge in [0, 0.05) is 29.7 Å². The lowest BCUT2D eigenvalue weighted by Gasteiger charge is -2.03. The summed E-state index contributed by atoms with van der Waals surface area (Å²) in [5.74, 6) is 0. The molecule has 3 heteroatoms. The third-order valence-electron chi connectivity index (χ3n) is 3.30. The number of nitrogens with two attached hydrogens (primary N) is 1. The fraction of sp³-hybridized carbons (Fsp3) is 0.400. The van der Waals surface area contributed by atoms with Crippen molar-refractivity contribution in [1.82, 2.24) is 4.57 Å². The second-order valence-electron chi connectivity index (χ2n) is 4.80. The molecule has 0 aliphatic heterocycles. The second kappa shape index (κ2) is 5.24. The van der Waals surface area contributed by atoms with Gasteiger partial charge in [-0.05, 0) is 50.5 Å². The summed E-state index contributed by atoms with van der Waals surface area (Å²) in [6.45, 7) is 5.10. The van der Waals surface area contributed by atoms with Gasteiger partial charge < -0.3 is 10.3 Å². The second-order valence-corrected chi connectivity index (χ2v) is 4.80. The lowest BCUT2D eigenvalue weighted by atomic mass is 10.0. The smallest absolute Gasteiger partial charge is 0.0991 e. The van der Waals surface area contributed by atoms with Crippen LogP contribution in [0.15, 0.2) is 24.4 Å². The van der Waals surface area contributed by atoms with Crippen LogP contribution in [-0.2, 0) is 13.0 Å². The molecule has 2 aromatic rings. The Hall–Kier alpha value is -1.79. The van der Waals surface area contributed by atoms with Crippen molar-refractivity contribution in [2.45, 2.75) is 39.3 Å². The van der Waals surface area contributed by atoms with Crippen molar-refractivity contribution in [3.63, 3.8) is 0 Å². The molecule has 1 aromatic heterocycles. The first-order chi connectivity index (χ1) is 8.65. The van der Waals surface area contributed by atoms with Gasteiger partial charge in [0.2, 0.25) is 0 Å². The molecule has 1 atom stereocenters. The number of aromatic nitrogens is 1. The zero-order chi connectivity index (χ0) is 13.1. The third kappa shape index (κ3) is 2.39. The summed E-state index contributed by atoms with van der Waals surface area (Å²) >= 11 is 0. The predicted molar refractivity (Wildman–Crippen MR) is 74.3 cm³/mol. The molecule has 0 saturated carbocycles. The maximum atomic E-state index is 8.99. The summed E-state index contributed by atoms with van der Waals surface area (Å²) in [4.78, 5) is 0. The first-order valence-electron chi connectivity index (χ1n) is 6.43. The van der Waals surface area contributed by atoms with E-state index < -0.39 is 0 Å². The molecule has 18 heavy (non-hydrogen) atoms. The highest BCUT2D eigenvalue weighted by molar-refractivity contribution is 5.85. The van der Waals surface area contributed by atoms with Crippen molar-refractivity contribution < 1.29 is 0 Å². The van der Waals surface area contributed by atoms with Gasteiger partial charge in [0.05, 0.1) is 11.6 Å². The Balaban J connectivity index is 2.47. The van der Waals surface area contributed by atoms with Gasteiger partial charge in [0.15, 0.2) is 0 Å². The topological polar surface area (TPSA) is 54.7 Å². The van der Waals surface area contributed by atoms with Gasteiger partial charge in [-0.3, -0.25) is 0 Å². The highest BCUT2D eigenvalue weighted by Gasteiger charge is 2.09. The minimum absolute atomic E-state index is 0.212. The summed E-state index contributed by atoms with van der Waals surface area (Å²) in [7, 11) is 0. The number of rotatable bonds is 4. The number of hydrogen-bond acceptors (Lipinski definition) is 2. The van der Waals surface area contributed by atoms with Crippen molar-refractivity contribution >= 4 is 10.9 Å². The van der Waals surface area contributed by atoms with Crippen molar-refractivity contribution in [2.75, 3.05) is 0 Å². The molecule has 0 aliphatic rings. The van der Waals surface area contributed by atoms with Gasteiger partial charge >= 0.3 is 0 Å². The van der Waals surface area contributed by atoms with Crippen LogP contribution in [0.1, 0.15) is 31.4 Å². The first kappa shape index (κ1) is 12.7. The molecule has 1 heterocycles. The van der Waals surface area contributed by atoms with E-state index in [1.807, 2.05) is 25.1 Å². The lowest BCUT2D eigenvalue weighted by Crippen LogP contribution is -2.15. The molecule has 0 unspecified atom stereocenters. The summed E-state index contributed by atoms with van der Waals surface area (Å²) in [5.41, 5.74) is 9.04. The van der Waals surface area contributed by atoms with Crippen LogP contribution in [0.3, 0.4) is 0 Å². The average molecular weight is 241 g/mol. The van der Waals surface area contributed by atoms with E-state index in [-0.39, 0.29) is 6.04 Å². The zero-order valence-corrected chi connectivity index (χ0v) is 11.0. The van der Waals surface area contributed by atoms with Crippen LogP contribution >= 0.6 is 0 Å². The summed E-state index contributed by atoms with van der Waals surface area (Å²) < 4.78 is 2.23. The summed E-state index contributed by atoms with van der Waals surface area (Å²) in [5, 5.41) is 10.2. The average Bonchev–Trinajstić information content (AvgIpc) is 2.73. The number of aryl methyl sites for hydroxylation is 2. The Morgan fingerprint density at radius 1 is 1.44 bits per heavy atom. The first-order valence-corrected chi connectivity index (χ1v) is 6.43. The van der Waals surface area contributed by atoms with Crippen LogP contribution in [0.2, 0.25) is 0 Å². The summed E-state index contributed by atoms with van der Waals surface area (Å²) in [6, 6.07) is 8.31. The SMILES string of the molecule is CCn1cc(CC[C@H](C)N)c2cc(C#N)ccc21. The van der Waals surface area contributed by atoms with E-state index in [0.29, 0.717) is 0 Å². The molecule has 0 bridgehead atoms. The van der Waals surface area contributed by atoms with Crippen LogP contribution in [0.4, 0.5) is 0 Å². The fourth-order valence-corrected chi connectivity index (χ4v) is 2.28. The molecular formula is C15H19N3. The van der Waals surface area contributed by atoms with Crippen LogP contribution < -0.4 is 5.73 Å².